The average Bonchev–Trinajstić information content (AvgIpc) is 1.87. The zero-order chi connectivity index (χ0) is 6.62. The van der Waals surface area contributed by atoms with E-state index in [4.69, 9.17) is 0 Å². The summed E-state index contributed by atoms with van der Waals surface area (Å²) in [5.41, 5.74) is 0. The fraction of sp³-hybridized carbons (Fsp3) is 0. The molecule has 0 N–H and O–H groups in total. The summed E-state index contributed by atoms with van der Waals surface area (Å²) in [6, 6.07) is 0. The van der Waals surface area contributed by atoms with Crippen molar-refractivity contribution in [3.05, 3.63) is 0 Å². The molecule has 0 fully saturated rings. The van der Waals surface area contributed by atoms with Crippen molar-refractivity contribution in [2.24, 2.45) is 0 Å². The van der Waals surface area contributed by atoms with Gasteiger partial charge >= 0.3 is 59.9 Å². The van der Waals surface area contributed by atoms with Crippen molar-refractivity contribution in [3.8, 4) is 0 Å². The van der Waals surface area contributed by atoms with Crippen LogP contribution in [0.3, 0.4) is 0 Å². The summed E-state index contributed by atoms with van der Waals surface area (Å²) in [5.74, 6) is 0. The Morgan fingerprint density at radius 1 is 1.00 bits per heavy atom. The Balaban J connectivity index is 3.79. The van der Waals surface area contributed by atoms with Gasteiger partial charge in [0.05, 0.1) is 0 Å². The van der Waals surface area contributed by atoms with Crippen molar-refractivity contribution in [2.75, 3.05) is 0 Å². The Morgan fingerprint density at radius 3 is 1.25 bits per heavy atom. The van der Waals surface area contributed by atoms with Crippen LogP contribution in [-0.4, -0.2) is 20.1 Å². The van der Waals surface area contributed by atoms with Crippen LogP contribution in [0.4, 0.5) is 0 Å². The third-order valence-corrected chi connectivity index (χ3v) is 7.79. The molecule has 3 atom stereocenters. The van der Waals surface area contributed by atoms with Gasteiger partial charge in [0, 0.05) is 0 Å². The van der Waals surface area contributed by atoms with E-state index in [1.54, 1.807) is 0 Å². The molecule has 3 unspecified atom stereocenters. The van der Waals surface area contributed by atoms with Gasteiger partial charge in [-0.15, -0.1) is 0 Å². The van der Waals surface area contributed by atoms with E-state index in [9.17, 15) is 3.02 Å². The molecule has 0 aromatic carbocycles. The Hall–Kier alpha value is 1.79. The summed E-state index contributed by atoms with van der Waals surface area (Å²) in [6.45, 7) is 0. The molecule has 0 amide bonds. The monoisotopic (exact) mass is 284 g/mol. The molecule has 0 aromatic rings. The summed E-state index contributed by atoms with van der Waals surface area (Å²) in [4.78, 5) is 0. The van der Waals surface area contributed by atoms with Crippen molar-refractivity contribution in [2.45, 2.75) is 0 Å². The summed E-state index contributed by atoms with van der Waals surface area (Å²) >= 11 is -4.10. The fourth-order valence-corrected chi connectivity index (χ4v) is 4.50. The normalized spacial score (nSPS) is 11.9. The van der Waals surface area contributed by atoms with E-state index in [0.717, 1.165) is 0 Å². The van der Waals surface area contributed by atoms with Gasteiger partial charge in [0.25, 0.3) is 0 Å². The van der Waals surface area contributed by atoms with Gasteiger partial charge in [-0.05, 0) is 0 Å². The molecule has 0 saturated carbocycles. The average molecular weight is 285 g/mol. The predicted octanol–water partition coefficient (Wildman–Crippen LogP) is 0.273. The van der Waals surface area contributed by atoms with Crippen LogP contribution in [0.2, 0.25) is 0 Å². The maximum atomic E-state index is 10.7. The summed E-state index contributed by atoms with van der Waals surface area (Å²) in [5, 5.41) is 0. The van der Waals surface area contributed by atoms with E-state index in [0.29, 0.717) is 0 Å². The first-order valence-corrected chi connectivity index (χ1v) is 7.02. The van der Waals surface area contributed by atoms with Crippen molar-refractivity contribution in [1.29, 1.82) is 0 Å². The molecule has 0 bridgehead atoms. The molecule has 50 valence electrons. The first-order chi connectivity index (χ1) is 3.68. The van der Waals surface area contributed by atoms with Gasteiger partial charge in [-0.3, -0.25) is 0 Å². The molecular formula is H6O4P3Sb. The van der Waals surface area contributed by atoms with Crippen LogP contribution >= 0.6 is 28.4 Å². The van der Waals surface area contributed by atoms with Gasteiger partial charge in [-0.2, -0.15) is 0 Å². The number of hydrogen-bond donors (Lipinski definition) is 0. The van der Waals surface area contributed by atoms with Gasteiger partial charge in [-0.1, -0.05) is 0 Å². The van der Waals surface area contributed by atoms with Crippen LogP contribution in [0.5, 0.6) is 0 Å². The van der Waals surface area contributed by atoms with E-state index >= 15 is 0 Å². The van der Waals surface area contributed by atoms with Crippen LogP contribution in [0.1, 0.15) is 0 Å². The Morgan fingerprint density at radius 2 is 1.25 bits per heavy atom. The second-order valence-corrected chi connectivity index (χ2v) is 9.36. The molecule has 0 aliphatic heterocycles. The molecule has 0 rings (SSSR count). The van der Waals surface area contributed by atoms with Gasteiger partial charge < -0.3 is 0 Å². The van der Waals surface area contributed by atoms with Crippen LogP contribution in [0, 0.1) is 0 Å². The molecule has 0 saturated heterocycles. The molecule has 0 spiro atoms. The molecule has 4 nitrogen and oxygen atoms in total. The molecule has 0 aliphatic rings. The van der Waals surface area contributed by atoms with Crippen molar-refractivity contribution >= 4 is 48.5 Å². The van der Waals surface area contributed by atoms with E-state index in [1.165, 1.54) is 0 Å². The van der Waals surface area contributed by atoms with Gasteiger partial charge in [0.1, 0.15) is 0 Å². The summed E-state index contributed by atoms with van der Waals surface area (Å²) in [7, 11) is 5.44. The summed E-state index contributed by atoms with van der Waals surface area (Å²) < 4.78 is 23.6. The molecule has 0 aromatic heterocycles. The topological polar surface area (TPSA) is 44.8 Å². The van der Waals surface area contributed by atoms with E-state index in [-0.39, 0.29) is 0 Å². The summed E-state index contributed by atoms with van der Waals surface area (Å²) in [6.07, 6.45) is 0. The van der Waals surface area contributed by atoms with Gasteiger partial charge in [0.15, 0.2) is 0 Å². The van der Waals surface area contributed by atoms with E-state index in [2.05, 4.69) is 8.41 Å². The third kappa shape index (κ3) is 3.08. The molecule has 0 aliphatic carbocycles. The molecular weight excluding hydrogens is 279 g/mol. The molecule has 0 radical (unpaired) electrons. The van der Waals surface area contributed by atoms with Crippen molar-refractivity contribution < 1.29 is 11.4 Å². The second kappa shape index (κ2) is 4.58. The minimum absolute atomic E-state index is 1.81. The minimum atomic E-state index is -4.10. The van der Waals surface area contributed by atoms with Crippen molar-refractivity contribution in [3.63, 3.8) is 0 Å². The van der Waals surface area contributed by atoms with Crippen molar-refractivity contribution in [1.82, 2.24) is 0 Å². The zero-order valence-electron chi connectivity index (χ0n) is 3.81. The molecule has 0 heterocycles. The van der Waals surface area contributed by atoms with Crippen LogP contribution < -0.4 is 0 Å². The van der Waals surface area contributed by atoms with Gasteiger partial charge in [0.2, 0.25) is 0 Å². The standard InChI is InChI=1S/3H2OP.O.Sb/c3*1-2;;/h3*2H2;;/q3*-1;;+3. The second-order valence-electron chi connectivity index (χ2n) is 0.763. The maximum absolute atomic E-state index is 10.7. The SMILES string of the molecule is [O]=[Sb]([O]P)([O]P)[O]P. The van der Waals surface area contributed by atoms with Gasteiger partial charge in [-0.25, -0.2) is 0 Å². The number of rotatable bonds is 3. The van der Waals surface area contributed by atoms with Crippen LogP contribution in [0.15, 0.2) is 0 Å². The first kappa shape index (κ1) is 9.79. The Kier molecular flexibility index (Phi) is 5.60. The fourth-order valence-electron chi connectivity index (χ4n) is 0.0745. The predicted molar refractivity (Wildman–Crippen MR) is 38.8 cm³/mol. The first-order valence-electron chi connectivity index (χ1n) is 1.44. The number of hydrogen-bond acceptors (Lipinski definition) is 4. The van der Waals surface area contributed by atoms with E-state index < -0.39 is 20.1 Å². The molecule has 8 heavy (non-hydrogen) atoms. The Bertz CT molecular complexity index is 82.4. The van der Waals surface area contributed by atoms with E-state index in [1.807, 2.05) is 28.4 Å². The molecule has 8 heteroatoms. The van der Waals surface area contributed by atoms with Crippen LogP contribution in [0.25, 0.3) is 0 Å². The third-order valence-electron chi connectivity index (χ3n) is 0.387. The Labute approximate surface area is 60.0 Å². The quantitative estimate of drug-likeness (QED) is 0.551. The zero-order valence-corrected chi connectivity index (χ0v) is 9.83. The van der Waals surface area contributed by atoms with Crippen LogP contribution in [-0.2, 0) is 11.4 Å².